The van der Waals surface area contributed by atoms with Crippen LogP contribution in [0, 0.1) is 0 Å². The van der Waals surface area contributed by atoms with Crippen LogP contribution in [-0.2, 0) is 9.47 Å². The van der Waals surface area contributed by atoms with Crippen LogP contribution in [0.3, 0.4) is 0 Å². The van der Waals surface area contributed by atoms with Crippen molar-refractivity contribution in [1.82, 2.24) is 20.0 Å². The van der Waals surface area contributed by atoms with E-state index in [2.05, 4.69) is 32.1 Å². The van der Waals surface area contributed by atoms with Crippen LogP contribution in [0.2, 0.25) is 0 Å². The highest BCUT2D eigenvalue weighted by molar-refractivity contribution is 14.0. The maximum atomic E-state index is 5.82. The fourth-order valence-electron chi connectivity index (χ4n) is 3.70. The molecule has 0 bridgehead atoms. The second-order valence-corrected chi connectivity index (χ2v) is 6.72. The predicted octanol–water partition coefficient (Wildman–Crippen LogP) is -0.0831. The van der Waals surface area contributed by atoms with E-state index in [1.807, 2.05) is 7.05 Å². The van der Waals surface area contributed by atoms with Crippen LogP contribution in [0.25, 0.3) is 0 Å². The molecule has 24 heavy (non-hydrogen) atoms. The Kier molecular flexibility index (Phi) is 8.48. The summed E-state index contributed by atoms with van der Waals surface area (Å²) in [6, 6.07) is 0.634. The first-order valence-corrected chi connectivity index (χ1v) is 8.84. The van der Waals surface area contributed by atoms with Gasteiger partial charge >= 0.3 is 0 Å². The van der Waals surface area contributed by atoms with Crippen molar-refractivity contribution in [2.75, 3.05) is 79.7 Å². The molecule has 2 unspecified atom stereocenters. The molecule has 3 fully saturated rings. The molecule has 0 aromatic rings. The first kappa shape index (κ1) is 20.2. The fourth-order valence-corrected chi connectivity index (χ4v) is 3.70. The molecule has 7 nitrogen and oxygen atoms in total. The Bertz CT molecular complexity index is 406. The molecule has 0 aliphatic carbocycles. The van der Waals surface area contributed by atoms with Gasteiger partial charge in [0.05, 0.1) is 25.9 Å². The van der Waals surface area contributed by atoms with Crippen molar-refractivity contribution in [3.63, 3.8) is 0 Å². The highest BCUT2D eigenvalue weighted by Crippen LogP contribution is 2.17. The van der Waals surface area contributed by atoms with Gasteiger partial charge in [0.15, 0.2) is 5.96 Å². The fraction of sp³-hybridized carbons (Fsp3) is 0.938. The second kappa shape index (κ2) is 10.1. The maximum Gasteiger partial charge on any atom is 0.193 e. The highest BCUT2D eigenvalue weighted by atomic mass is 127. The largest absolute Gasteiger partial charge is 0.379 e. The topological polar surface area (TPSA) is 52.6 Å². The van der Waals surface area contributed by atoms with Crippen molar-refractivity contribution in [3.05, 3.63) is 0 Å². The molecule has 0 radical (unpaired) electrons. The molecular formula is C16H32IN5O2. The molecule has 3 rings (SSSR count). The summed E-state index contributed by atoms with van der Waals surface area (Å²) in [7, 11) is 4.02. The number of aliphatic imine (C=N–C) groups is 1. The van der Waals surface area contributed by atoms with Crippen LogP contribution >= 0.6 is 24.0 Å². The van der Waals surface area contributed by atoms with Crippen molar-refractivity contribution in [2.24, 2.45) is 4.99 Å². The number of nitrogens with zero attached hydrogens (tertiary/aromatic N) is 4. The van der Waals surface area contributed by atoms with E-state index in [0.29, 0.717) is 6.04 Å². The van der Waals surface area contributed by atoms with Crippen molar-refractivity contribution in [2.45, 2.75) is 18.6 Å². The molecule has 3 heterocycles. The van der Waals surface area contributed by atoms with Crippen LogP contribution < -0.4 is 5.32 Å². The lowest BCUT2D eigenvalue weighted by Crippen LogP contribution is -2.50. The maximum absolute atomic E-state index is 5.82. The van der Waals surface area contributed by atoms with Gasteiger partial charge in [-0.2, -0.15) is 0 Å². The Morgan fingerprint density at radius 1 is 1.12 bits per heavy atom. The molecule has 0 amide bonds. The average molecular weight is 453 g/mol. The van der Waals surface area contributed by atoms with Gasteiger partial charge in [0, 0.05) is 58.9 Å². The SMILES string of the molecule is CN=C(NCC1CN(C)CCO1)N1CCC(N2CCOCC2)C1.I. The van der Waals surface area contributed by atoms with Gasteiger partial charge in [-0.05, 0) is 13.5 Å². The Labute approximate surface area is 162 Å². The third-order valence-electron chi connectivity index (χ3n) is 5.07. The molecule has 0 aromatic heterocycles. The smallest absolute Gasteiger partial charge is 0.193 e. The number of likely N-dealkylation sites (tertiary alicyclic amines) is 1. The van der Waals surface area contributed by atoms with Gasteiger partial charge in [-0.25, -0.2) is 0 Å². The van der Waals surface area contributed by atoms with E-state index in [-0.39, 0.29) is 30.1 Å². The Balaban J connectivity index is 0.00000208. The average Bonchev–Trinajstić information content (AvgIpc) is 3.06. The molecule has 3 aliphatic rings. The van der Waals surface area contributed by atoms with E-state index < -0.39 is 0 Å². The van der Waals surface area contributed by atoms with Crippen LogP contribution in [0.5, 0.6) is 0 Å². The number of rotatable bonds is 3. The van der Waals surface area contributed by atoms with Crippen LogP contribution in [0.15, 0.2) is 4.99 Å². The van der Waals surface area contributed by atoms with Gasteiger partial charge in [-0.3, -0.25) is 9.89 Å². The minimum atomic E-state index is 0. The van der Waals surface area contributed by atoms with Crippen LogP contribution in [-0.4, -0.2) is 113 Å². The Hall–Kier alpha value is -0.160. The molecule has 140 valence electrons. The summed E-state index contributed by atoms with van der Waals surface area (Å²) < 4.78 is 11.3. The molecule has 0 saturated carbocycles. The number of guanidine groups is 1. The normalized spacial score (nSPS) is 30.2. The lowest BCUT2D eigenvalue weighted by atomic mass is 10.2. The van der Waals surface area contributed by atoms with Crippen molar-refractivity contribution >= 4 is 29.9 Å². The van der Waals surface area contributed by atoms with E-state index >= 15 is 0 Å². The zero-order valence-electron chi connectivity index (χ0n) is 14.9. The van der Waals surface area contributed by atoms with E-state index in [1.54, 1.807) is 0 Å². The molecule has 1 N–H and O–H groups in total. The lowest BCUT2D eigenvalue weighted by molar-refractivity contribution is -0.0163. The van der Waals surface area contributed by atoms with Crippen molar-refractivity contribution in [3.8, 4) is 0 Å². The van der Waals surface area contributed by atoms with E-state index in [0.717, 1.165) is 71.6 Å². The molecule has 8 heteroatoms. The third-order valence-corrected chi connectivity index (χ3v) is 5.07. The van der Waals surface area contributed by atoms with Gasteiger partial charge in [0.2, 0.25) is 0 Å². The van der Waals surface area contributed by atoms with E-state index in [9.17, 15) is 0 Å². The van der Waals surface area contributed by atoms with Crippen molar-refractivity contribution < 1.29 is 9.47 Å². The zero-order chi connectivity index (χ0) is 16.1. The molecule has 2 atom stereocenters. The highest BCUT2D eigenvalue weighted by Gasteiger charge is 2.30. The minimum Gasteiger partial charge on any atom is -0.379 e. The summed E-state index contributed by atoms with van der Waals surface area (Å²) in [5.41, 5.74) is 0. The summed E-state index contributed by atoms with van der Waals surface area (Å²) in [5.74, 6) is 1.01. The number of nitrogens with one attached hydrogen (secondary N) is 1. The number of hydrogen-bond donors (Lipinski definition) is 1. The standard InChI is InChI=1S/C16H31N5O2.HI/c1-17-16(18-11-15-13-19(2)5-10-23-15)21-4-3-14(12-21)20-6-8-22-9-7-20;/h14-15H,3-13H2,1-2H3,(H,17,18);1H. The monoisotopic (exact) mass is 453 g/mol. The van der Waals surface area contributed by atoms with E-state index in [4.69, 9.17) is 9.47 Å². The lowest BCUT2D eigenvalue weighted by Gasteiger charge is -2.33. The first-order chi connectivity index (χ1) is 11.3. The Morgan fingerprint density at radius 3 is 2.62 bits per heavy atom. The van der Waals surface area contributed by atoms with Crippen LogP contribution in [0.4, 0.5) is 0 Å². The summed E-state index contributed by atoms with van der Waals surface area (Å²) in [4.78, 5) is 11.7. The zero-order valence-corrected chi connectivity index (χ0v) is 17.3. The molecule has 0 spiro atoms. The van der Waals surface area contributed by atoms with Gasteiger partial charge < -0.3 is 24.6 Å². The second-order valence-electron chi connectivity index (χ2n) is 6.72. The molecule has 0 aromatic carbocycles. The summed E-state index contributed by atoms with van der Waals surface area (Å²) >= 11 is 0. The van der Waals surface area contributed by atoms with Gasteiger partial charge in [0.25, 0.3) is 0 Å². The number of likely N-dealkylation sites (N-methyl/N-ethyl adjacent to an activating group) is 1. The number of halogens is 1. The third kappa shape index (κ3) is 5.42. The Morgan fingerprint density at radius 2 is 1.92 bits per heavy atom. The summed E-state index contributed by atoms with van der Waals surface area (Å²) in [5, 5.41) is 3.51. The van der Waals surface area contributed by atoms with Gasteiger partial charge in [0.1, 0.15) is 0 Å². The quantitative estimate of drug-likeness (QED) is 0.367. The van der Waals surface area contributed by atoms with E-state index in [1.165, 1.54) is 6.42 Å². The number of morpholine rings is 2. The van der Waals surface area contributed by atoms with Crippen molar-refractivity contribution in [1.29, 1.82) is 0 Å². The van der Waals surface area contributed by atoms with Gasteiger partial charge in [-0.1, -0.05) is 0 Å². The molecular weight excluding hydrogens is 421 g/mol. The predicted molar refractivity (Wildman–Crippen MR) is 106 cm³/mol. The summed E-state index contributed by atoms with van der Waals surface area (Å²) in [6.07, 6.45) is 1.46. The number of ether oxygens (including phenoxy) is 2. The minimum absolute atomic E-state index is 0. The van der Waals surface area contributed by atoms with Gasteiger partial charge in [-0.15, -0.1) is 24.0 Å². The molecule has 3 saturated heterocycles. The van der Waals surface area contributed by atoms with Crippen LogP contribution in [0.1, 0.15) is 6.42 Å². The summed E-state index contributed by atoms with van der Waals surface area (Å²) in [6.45, 7) is 9.67. The number of hydrogen-bond acceptors (Lipinski definition) is 5. The molecule has 3 aliphatic heterocycles. The first-order valence-electron chi connectivity index (χ1n) is 8.84.